The largest absolute Gasteiger partial charge is 0.411 e. The smallest absolute Gasteiger partial charge is 0.0808 e. The third-order valence-electron chi connectivity index (χ3n) is 5.20. The Kier molecular flexibility index (Phi) is 2.16. The molecule has 0 saturated heterocycles. The van der Waals surface area contributed by atoms with E-state index in [9.17, 15) is 5.21 Å². The van der Waals surface area contributed by atoms with Crippen LogP contribution in [0.5, 0.6) is 0 Å². The molecular weight excluding hydrogens is 188 g/mol. The minimum atomic E-state index is 0.0847. The molecule has 0 aromatic rings. The van der Waals surface area contributed by atoms with Crippen LogP contribution in [0.1, 0.15) is 33.6 Å². The van der Waals surface area contributed by atoms with Gasteiger partial charge in [0.15, 0.2) is 0 Å². The minimum Gasteiger partial charge on any atom is -0.411 e. The Morgan fingerprint density at radius 2 is 1.93 bits per heavy atom. The fraction of sp³-hybridized carbons (Fsp3) is 0.917. The maximum atomic E-state index is 9.27. The van der Waals surface area contributed by atoms with E-state index in [0.717, 1.165) is 12.1 Å². The van der Waals surface area contributed by atoms with Crippen LogP contribution in [-0.2, 0) is 0 Å². The molecule has 0 aromatic heterocycles. The summed E-state index contributed by atoms with van der Waals surface area (Å²) in [4.78, 5) is 2.20. The van der Waals surface area contributed by atoms with Crippen molar-refractivity contribution >= 4 is 5.71 Å². The molecule has 2 fully saturated rings. The van der Waals surface area contributed by atoms with Gasteiger partial charge in [-0.05, 0) is 38.3 Å². The Hall–Kier alpha value is -0.570. The lowest BCUT2D eigenvalue weighted by Gasteiger charge is -2.33. The normalized spacial score (nSPS) is 45.6. The standard InChI is InChI=1S/C12H22N2O/c1-11(2)8-6-7-12(11,3)10(13-15)9(8)14(4)5/h8-9,15H,6-7H2,1-5H3/b13-10+/t8?,9-,12?/m1/s1. The van der Waals surface area contributed by atoms with Crippen LogP contribution in [0.15, 0.2) is 5.16 Å². The minimum absolute atomic E-state index is 0.0847. The van der Waals surface area contributed by atoms with Crippen molar-refractivity contribution in [1.29, 1.82) is 0 Å². The van der Waals surface area contributed by atoms with Crippen LogP contribution in [-0.4, -0.2) is 36.0 Å². The zero-order valence-corrected chi connectivity index (χ0v) is 10.4. The van der Waals surface area contributed by atoms with Gasteiger partial charge < -0.3 is 10.1 Å². The van der Waals surface area contributed by atoms with E-state index in [1.807, 2.05) is 0 Å². The quantitative estimate of drug-likeness (QED) is 0.532. The van der Waals surface area contributed by atoms with E-state index in [2.05, 4.69) is 44.9 Å². The molecule has 0 amide bonds. The first-order valence-corrected chi connectivity index (χ1v) is 5.75. The predicted molar refractivity (Wildman–Crippen MR) is 61.3 cm³/mol. The second kappa shape index (κ2) is 2.97. The Morgan fingerprint density at radius 1 is 1.33 bits per heavy atom. The molecule has 0 aromatic carbocycles. The van der Waals surface area contributed by atoms with Gasteiger partial charge in [-0.15, -0.1) is 0 Å². The van der Waals surface area contributed by atoms with Crippen LogP contribution in [0.25, 0.3) is 0 Å². The second-order valence-electron chi connectivity index (χ2n) is 6.09. The van der Waals surface area contributed by atoms with Crippen molar-refractivity contribution < 1.29 is 5.21 Å². The Morgan fingerprint density at radius 3 is 2.33 bits per heavy atom. The highest BCUT2D eigenvalue weighted by atomic mass is 16.4. The summed E-state index contributed by atoms with van der Waals surface area (Å²) in [7, 11) is 4.16. The summed E-state index contributed by atoms with van der Waals surface area (Å²) >= 11 is 0. The molecule has 2 unspecified atom stereocenters. The molecule has 0 aliphatic heterocycles. The maximum absolute atomic E-state index is 9.27. The zero-order valence-electron chi connectivity index (χ0n) is 10.4. The molecule has 2 aliphatic rings. The summed E-state index contributed by atoms with van der Waals surface area (Å²) in [6, 6.07) is 0.323. The number of hydrogen-bond donors (Lipinski definition) is 1. The summed E-state index contributed by atoms with van der Waals surface area (Å²) in [5.41, 5.74) is 1.33. The van der Waals surface area contributed by atoms with Crippen molar-refractivity contribution in [3.63, 3.8) is 0 Å². The van der Waals surface area contributed by atoms with E-state index in [1.54, 1.807) is 0 Å². The monoisotopic (exact) mass is 210 g/mol. The lowest BCUT2D eigenvalue weighted by molar-refractivity contribution is 0.159. The molecule has 2 saturated carbocycles. The highest BCUT2D eigenvalue weighted by Gasteiger charge is 2.65. The molecule has 0 radical (unpaired) electrons. The van der Waals surface area contributed by atoms with Gasteiger partial charge in [-0.25, -0.2) is 0 Å². The maximum Gasteiger partial charge on any atom is 0.0808 e. The van der Waals surface area contributed by atoms with E-state index < -0.39 is 0 Å². The van der Waals surface area contributed by atoms with Crippen molar-refractivity contribution in [3.05, 3.63) is 0 Å². The Labute approximate surface area is 92.1 Å². The highest BCUT2D eigenvalue weighted by molar-refractivity contribution is 5.98. The fourth-order valence-corrected chi connectivity index (χ4v) is 3.84. The van der Waals surface area contributed by atoms with Gasteiger partial charge in [-0.1, -0.05) is 25.9 Å². The molecule has 3 heteroatoms. The van der Waals surface area contributed by atoms with E-state index in [1.165, 1.54) is 6.42 Å². The van der Waals surface area contributed by atoms with Crippen molar-refractivity contribution in [1.82, 2.24) is 4.90 Å². The first-order chi connectivity index (χ1) is 6.86. The predicted octanol–water partition coefficient (Wildman–Crippen LogP) is 2.20. The molecule has 2 bridgehead atoms. The first-order valence-electron chi connectivity index (χ1n) is 5.75. The van der Waals surface area contributed by atoms with Crippen molar-refractivity contribution in [3.8, 4) is 0 Å². The number of hydrogen-bond acceptors (Lipinski definition) is 3. The van der Waals surface area contributed by atoms with Crippen LogP contribution in [0, 0.1) is 16.7 Å². The average Bonchev–Trinajstić information content (AvgIpc) is 2.46. The van der Waals surface area contributed by atoms with Gasteiger partial charge in [0.2, 0.25) is 0 Å². The summed E-state index contributed by atoms with van der Waals surface area (Å²) in [6.07, 6.45) is 2.42. The van der Waals surface area contributed by atoms with Crippen LogP contribution in [0.2, 0.25) is 0 Å². The summed E-state index contributed by atoms with van der Waals surface area (Å²) in [5.74, 6) is 0.628. The molecule has 0 spiro atoms. The average molecular weight is 210 g/mol. The molecule has 3 atom stereocenters. The number of nitrogens with zero attached hydrogens (tertiary/aromatic N) is 2. The molecule has 1 N–H and O–H groups in total. The first kappa shape index (κ1) is 10.9. The topological polar surface area (TPSA) is 35.8 Å². The van der Waals surface area contributed by atoms with Gasteiger partial charge in [0.25, 0.3) is 0 Å². The lowest BCUT2D eigenvalue weighted by atomic mass is 9.70. The summed E-state index contributed by atoms with van der Waals surface area (Å²) in [5, 5.41) is 12.9. The van der Waals surface area contributed by atoms with Crippen molar-refractivity contribution in [2.75, 3.05) is 14.1 Å². The highest BCUT2D eigenvalue weighted by Crippen LogP contribution is 2.64. The molecule has 3 nitrogen and oxygen atoms in total. The van der Waals surface area contributed by atoms with Crippen LogP contribution >= 0.6 is 0 Å². The van der Waals surface area contributed by atoms with E-state index in [0.29, 0.717) is 12.0 Å². The molecule has 86 valence electrons. The Balaban J connectivity index is 2.50. The van der Waals surface area contributed by atoms with E-state index in [4.69, 9.17) is 0 Å². The molecule has 0 heterocycles. The summed E-state index contributed by atoms with van der Waals surface area (Å²) < 4.78 is 0. The molecule has 2 rings (SSSR count). The summed E-state index contributed by atoms with van der Waals surface area (Å²) in [6.45, 7) is 6.89. The number of oxime groups is 1. The van der Waals surface area contributed by atoms with Crippen LogP contribution in [0.3, 0.4) is 0 Å². The van der Waals surface area contributed by atoms with Gasteiger partial charge in [0, 0.05) is 5.41 Å². The van der Waals surface area contributed by atoms with Crippen LogP contribution in [0.4, 0.5) is 0 Å². The van der Waals surface area contributed by atoms with Crippen molar-refractivity contribution in [2.45, 2.75) is 39.7 Å². The van der Waals surface area contributed by atoms with Gasteiger partial charge in [0.05, 0.1) is 11.8 Å². The van der Waals surface area contributed by atoms with Gasteiger partial charge in [-0.2, -0.15) is 0 Å². The SMILES string of the molecule is CN(C)[C@H]1/C(=N\O)C2(C)CCC1C2(C)C. The third-order valence-corrected chi connectivity index (χ3v) is 5.20. The van der Waals surface area contributed by atoms with E-state index in [-0.39, 0.29) is 10.8 Å². The zero-order chi connectivity index (χ0) is 11.4. The molecule has 2 aliphatic carbocycles. The van der Waals surface area contributed by atoms with Crippen molar-refractivity contribution in [2.24, 2.45) is 21.9 Å². The molecular formula is C12H22N2O. The second-order valence-corrected chi connectivity index (χ2v) is 6.09. The van der Waals surface area contributed by atoms with E-state index >= 15 is 0 Å². The number of fused-ring (bicyclic) bond motifs is 2. The molecule has 15 heavy (non-hydrogen) atoms. The van der Waals surface area contributed by atoms with Gasteiger partial charge in [0.1, 0.15) is 0 Å². The van der Waals surface area contributed by atoms with Gasteiger partial charge in [-0.3, -0.25) is 0 Å². The van der Waals surface area contributed by atoms with Gasteiger partial charge >= 0.3 is 0 Å². The fourth-order valence-electron chi connectivity index (χ4n) is 3.84. The number of rotatable bonds is 1. The lowest BCUT2D eigenvalue weighted by Crippen LogP contribution is -2.43. The Bertz CT molecular complexity index is 309. The van der Waals surface area contributed by atoms with Crippen LogP contribution < -0.4 is 0 Å². The third kappa shape index (κ3) is 1.07.